The molecule has 0 saturated heterocycles. The first-order valence-corrected chi connectivity index (χ1v) is 8.27. The summed E-state index contributed by atoms with van der Waals surface area (Å²) in [6, 6.07) is 20.4. The van der Waals surface area contributed by atoms with Gasteiger partial charge in [0, 0.05) is 0 Å². The molecule has 0 amide bonds. The molecule has 1 N–H and O–H groups in total. The van der Waals surface area contributed by atoms with E-state index in [1.165, 1.54) is 38.9 Å². The first-order chi connectivity index (χ1) is 11.4. The van der Waals surface area contributed by atoms with Gasteiger partial charge in [-0.05, 0) is 80.1 Å². The van der Waals surface area contributed by atoms with Crippen LogP contribution in [0.1, 0.15) is 27.8 Å². The molecule has 0 fully saturated rings. The fourth-order valence-electron chi connectivity index (χ4n) is 2.39. The van der Waals surface area contributed by atoms with Crippen molar-refractivity contribution in [3.8, 4) is 16.9 Å². The summed E-state index contributed by atoms with van der Waals surface area (Å²) >= 11 is 0. The van der Waals surface area contributed by atoms with E-state index < -0.39 is 0 Å². The van der Waals surface area contributed by atoms with Crippen LogP contribution in [0.5, 0.6) is 5.75 Å². The van der Waals surface area contributed by atoms with Crippen LogP contribution in [0.4, 0.5) is 0 Å². The number of hydrogen-bond donors (Lipinski definition) is 1. The van der Waals surface area contributed by atoms with Crippen LogP contribution in [0.3, 0.4) is 0 Å². The lowest BCUT2D eigenvalue weighted by molar-refractivity contribution is 0.475. The highest BCUT2D eigenvalue weighted by Gasteiger charge is 2.01. The Hall–Kier alpha value is -2.54. The minimum absolute atomic E-state index is 0.329. The molecule has 0 aliphatic carbocycles. The van der Waals surface area contributed by atoms with E-state index in [-0.39, 0.29) is 0 Å². The molecule has 0 bridgehead atoms. The maximum atomic E-state index is 8.76. The number of phenolic OH excluding ortho intramolecular Hbond substituents is 1. The molecule has 0 spiro atoms. The third kappa shape index (κ3) is 4.73. The SMILES string of the molecule is Cc1ccc(-c2ccc(C)c(C)c2)cc1C.Cc1ccc(O)cc1. The second kappa shape index (κ2) is 7.83. The number of phenols is 1. The molecule has 0 aliphatic rings. The van der Waals surface area contributed by atoms with Crippen LogP contribution in [0, 0.1) is 34.6 Å². The normalized spacial score (nSPS) is 10.0. The van der Waals surface area contributed by atoms with Gasteiger partial charge in [-0.2, -0.15) is 0 Å². The van der Waals surface area contributed by atoms with E-state index in [1.54, 1.807) is 12.1 Å². The lowest BCUT2D eigenvalue weighted by atomic mass is 9.98. The molecule has 3 rings (SSSR count). The van der Waals surface area contributed by atoms with Crippen molar-refractivity contribution in [1.82, 2.24) is 0 Å². The first kappa shape index (κ1) is 17.8. The monoisotopic (exact) mass is 318 g/mol. The predicted octanol–water partition coefficient (Wildman–Crippen LogP) is 6.29. The van der Waals surface area contributed by atoms with Gasteiger partial charge in [-0.15, -0.1) is 0 Å². The molecule has 0 atom stereocenters. The molecule has 1 nitrogen and oxygen atoms in total. The smallest absolute Gasteiger partial charge is 0.115 e. The topological polar surface area (TPSA) is 20.2 Å². The average Bonchev–Trinajstić information content (AvgIpc) is 2.56. The Kier molecular flexibility index (Phi) is 5.81. The Morgan fingerprint density at radius 2 is 0.917 bits per heavy atom. The molecule has 0 saturated carbocycles. The summed E-state index contributed by atoms with van der Waals surface area (Å²) in [6.45, 7) is 10.6. The van der Waals surface area contributed by atoms with Gasteiger partial charge in [-0.3, -0.25) is 0 Å². The second-order valence-corrected chi connectivity index (χ2v) is 6.43. The van der Waals surface area contributed by atoms with Gasteiger partial charge in [0.1, 0.15) is 5.75 Å². The zero-order valence-electron chi connectivity index (χ0n) is 15.2. The highest BCUT2D eigenvalue weighted by atomic mass is 16.3. The third-order valence-corrected chi connectivity index (χ3v) is 4.38. The number of hydrogen-bond acceptors (Lipinski definition) is 1. The molecule has 1 heteroatoms. The lowest BCUT2D eigenvalue weighted by Crippen LogP contribution is -1.86. The fraction of sp³-hybridized carbons (Fsp3) is 0.217. The van der Waals surface area contributed by atoms with E-state index in [0.29, 0.717) is 5.75 Å². The van der Waals surface area contributed by atoms with Crippen molar-refractivity contribution >= 4 is 0 Å². The minimum Gasteiger partial charge on any atom is -0.508 e. The van der Waals surface area contributed by atoms with E-state index in [0.717, 1.165) is 0 Å². The molecule has 124 valence electrons. The third-order valence-electron chi connectivity index (χ3n) is 4.38. The summed E-state index contributed by atoms with van der Waals surface area (Å²) in [7, 11) is 0. The minimum atomic E-state index is 0.329. The summed E-state index contributed by atoms with van der Waals surface area (Å²) in [5.41, 5.74) is 9.21. The zero-order chi connectivity index (χ0) is 17.7. The van der Waals surface area contributed by atoms with Crippen LogP contribution in [0.2, 0.25) is 0 Å². The van der Waals surface area contributed by atoms with Gasteiger partial charge in [0.15, 0.2) is 0 Å². The van der Waals surface area contributed by atoms with Crippen molar-refractivity contribution in [3.63, 3.8) is 0 Å². The number of aromatic hydroxyl groups is 1. The Morgan fingerprint density at radius 3 is 1.25 bits per heavy atom. The molecular formula is C23H26O. The summed E-state index contributed by atoms with van der Waals surface area (Å²) < 4.78 is 0. The lowest BCUT2D eigenvalue weighted by Gasteiger charge is -2.08. The van der Waals surface area contributed by atoms with E-state index >= 15 is 0 Å². The van der Waals surface area contributed by atoms with E-state index in [2.05, 4.69) is 64.1 Å². The summed E-state index contributed by atoms with van der Waals surface area (Å²) in [5, 5.41) is 8.76. The van der Waals surface area contributed by atoms with Crippen LogP contribution >= 0.6 is 0 Å². The maximum absolute atomic E-state index is 8.76. The molecule has 24 heavy (non-hydrogen) atoms. The Morgan fingerprint density at radius 1 is 0.500 bits per heavy atom. The van der Waals surface area contributed by atoms with Crippen molar-refractivity contribution in [1.29, 1.82) is 0 Å². The van der Waals surface area contributed by atoms with Crippen LogP contribution in [-0.4, -0.2) is 5.11 Å². The zero-order valence-corrected chi connectivity index (χ0v) is 15.2. The number of rotatable bonds is 1. The molecule has 0 heterocycles. The summed E-state index contributed by atoms with van der Waals surface area (Å²) in [5.74, 6) is 0.329. The standard InChI is InChI=1S/C16H18.C7H8O/c1-11-5-7-15(9-13(11)3)16-8-6-12(2)14(4)10-16;1-6-2-4-7(8)5-3-6/h5-10H,1-4H3;2-5,8H,1H3. The van der Waals surface area contributed by atoms with Crippen molar-refractivity contribution in [3.05, 3.63) is 88.5 Å². The summed E-state index contributed by atoms with van der Waals surface area (Å²) in [4.78, 5) is 0. The van der Waals surface area contributed by atoms with Crippen LogP contribution in [0.25, 0.3) is 11.1 Å². The molecule has 0 radical (unpaired) electrons. The van der Waals surface area contributed by atoms with Gasteiger partial charge < -0.3 is 5.11 Å². The van der Waals surface area contributed by atoms with Gasteiger partial charge in [0.25, 0.3) is 0 Å². The maximum Gasteiger partial charge on any atom is 0.115 e. The molecule has 0 unspecified atom stereocenters. The van der Waals surface area contributed by atoms with Crippen LogP contribution in [0.15, 0.2) is 60.7 Å². The van der Waals surface area contributed by atoms with E-state index in [1.807, 2.05) is 19.1 Å². The molecule has 3 aromatic carbocycles. The van der Waals surface area contributed by atoms with Gasteiger partial charge in [-0.25, -0.2) is 0 Å². The molecule has 3 aromatic rings. The first-order valence-electron chi connectivity index (χ1n) is 8.27. The second-order valence-electron chi connectivity index (χ2n) is 6.43. The number of benzene rings is 3. The van der Waals surface area contributed by atoms with Crippen molar-refractivity contribution in [2.45, 2.75) is 34.6 Å². The fourth-order valence-corrected chi connectivity index (χ4v) is 2.39. The van der Waals surface area contributed by atoms with Crippen molar-refractivity contribution in [2.24, 2.45) is 0 Å². The van der Waals surface area contributed by atoms with Crippen LogP contribution in [-0.2, 0) is 0 Å². The van der Waals surface area contributed by atoms with Gasteiger partial charge in [0.05, 0.1) is 0 Å². The Labute approximate surface area is 145 Å². The number of aryl methyl sites for hydroxylation is 5. The molecule has 0 aromatic heterocycles. The van der Waals surface area contributed by atoms with Gasteiger partial charge >= 0.3 is 0 Å². The Bertz CT molecular complexity index is 743. The van der Waals surface area contributed by atoms with Gasteiger partial charge in [-0.1, -0.05) is 54.1 Å². The molecular weight excluding hydrogens is 292 g/mol. The van der Waals surface area contributed by atoms with E-state index in [4.69, 9.17) is 5.11 Å². The quantitative estimate of drug-likeness (QED) is 0.559. The largest absolute Gasteiger partial charge is 0.508 e. The Balaban J connectivity index is 0.000000219. The average molecular weight is 318 g/mol. The van der Waals surface area contributed by atoms with Crippen molar-refractivity contribution in [2.75, 3.05) is 0 Å². The highest BCUT2D eigenvalue weighted by Crippen LogP contribution is 2.24. The van der Waals surface area contributed by atoms with Crippen molar-refractivity contribution < 1.29 is 5.11 Å². The molecule has 0 aliphatic heterocycles. The highest BCUT2D eigenvalue weighted by molar-refractivity contribution is 5.66. The summed E-state index contributed by atoms with van der Waals surface area (Å²) in [6.07, 6.45) is 0. The predicted molar refractivity (Wildman–Crippen MR) is 104 cm³/mol. The van der Waals surface area contributed by atoms with Crippen LogP contribution < -0.4 is 0 Å². The van der Waals surface area contributed by atoms with Gasteiger partial charge in [0.2, 0.25) is 0 Å². The van der Waals surface area contributed by atoms with E-state index in [9.17, 15) is 0 Å².